The summed E-state index contributed by atoms with van der Waals surface area (Å²) >= 11 is 0. The standard InChI is InChI=1S/C25H34N4O4/c1-4-28(5-2)25(31)19-33-23-16-27(14-21-7-6-12-26-13-21)18-24(30)29(17-23)15-20-8-10-22(32-3)11-9-20/h6-13,23H,4-5,14-19H2,1-3H3. The Morgan fingerprint density at radius 3 is 2.48 bits per heavy atom. The largest absolute Gasteiger partial charge is 0.497 e. The molecule has 0 spiro atoms. The lowest BCUT2D eigenvalue weighted by atomic mass is 10.2. The third kappa shape index (κ3) is 7.27. The molecule has 8 nitrogen and oxygen atoms in total. The lowest BCUT2D eigenvalue weighted by Crippen LogP contribution is -2.40. The van der Waals surface area contributed by atoms with Crippen molar-refractivity contribution in [2.75, 3.05) is 46.4 Å². The third-order valence-corrected chi connectivity index (χ3v) is 5.82. The lowest BCUT2D eigenvalue weighted by molar-refractivity contribution is -0.138. The van der Waals surface area contributed by atoms with Crippen LogP contribution in [0.5, 0.6) is 5.75 Å². The summed E-state index contributed by atoms with van der Waals surface area (Å²) in [6, 6.07) is 11.6. The maximum absolute atomic E-state index is 13.1. The first-order chi connectivity index (χ1) is 16.0. The van der Waals surface area contributed by atoms with Gasteiger partial charge >= 0.3 is 0 Å². The number of carbonyl (C=O) groups is 2. The molecule has 178 valence electrons. The molecule has 1 aromatic heterocycles. The second kappa shape index (κ2) is 12.3. The van der Waals surface area contributed by atoms with Gasteiger partial charge in [0, 0.05) is 51.7 Å². The van der Waals surface area contributed by atoms with Crippen LogP contribution in [0.25, 0.3) is 0 Å². The van der Waals surface area contributed by atoms with E-state index in [9.17, 15) is 9.59 Å². The highest BCUT2D eigenvalue weighted by atomic mass is 16.5. The van der Waals surface area contributed by atoms with Crippen molar-refractivity contribution in [3.8, 4) is 5.75 Å². The van der Waals surface area contributed by atoms with Gasteiger partial charge in [0.05, 0.1) is 19.8 Å². The molecule has 2 amide bonds. The van der Waals surface area contributed by atoms with Crippen LogP contribution < -0.4 is 4.74 Å². The Balaban J connectivity index is 1.72. The summed E-state index contributed by atoms with van der Waals surface area (Å²) in [6.07, 6.45) is 3.27. The monoisotopic (exact) mass is 454 g/mol. The van der Waals surface area contributed by atoms with Gasteiger partial charge in [-0.15, -0.1) is 0 Å². The van der Waals surface area contributed by atoms with Crippen LogP contribution in [0.3, 0.4) is 0 Å². The van der Waals surface area contributed by atoms with E-state index in [0.717, 1.165) is 16.9 Å². The number of aromatic nitrogens is 1. The summed E-state index contributed by atoms with van der Waals surface area (Å²) in [5.74, 6) is 0.784. The summed E-state index contributed by atoms with van der Waals surface area (Å²) < 4.78 is 11.3. The Morgan fingerprint density at radius 1 is 1.09 bits per heavy atom. The number of hydrogen-bond acceptors (Lipinski definition) is 6. The highest BCUT2D eigenvalue weighted by Crippen LogP contribution is 2.17. The van der Waals surface area contributed by atoms with Crippen LogP contribution in [0.1, 0.15) is 25.0 Å². The van der Waals surface area contributed by atoms with Crippen LogP contribution in [0.15, 0.2) is 48.8 Å². The molecule has 1 fully saturated rings. The average molecular weight is 455 g/mol. The van der Waals surface area contributed by atoms with Crippen LogP contribution in [-0.2, 0) is 27.4 Å². The molecule has 1 aromatic carbocycles. The maximum atomic E-state index is 13.1. The molecule has 0 radical (unpaired) electrons. The summed E-state index contributed by atoms with van der Waals surface area (Å²) in [7, 11) is 1.63. The molecular formula is C25H34N4O4. The number of rotatable bonds is 10. The molecule has 2 aromatic rings. The van der Waals surface area contributed by atoms with Crippen LogP contribution >= 0.6 is 0 Å². The van der Waals surface area contributed by atoms with Gasteiger partial charge in [0.25, 0.3) is 0 Å². The van der Waals surface area contributed by atoms with Crippen LogP contribution in [0, 0.1) is 0 Å². The molecule has 8 heteroatoms. The molecule has 1 unspecified atom stereocenters. The Morgan fingerprint density at radius 2 is 1.85 bits per heavy atom. The van der Waals surface area contributed by atoms with Crippen molar-refractivity contribution in [3.63, 3.8) is 0 Å². The van der Waals surface area contributed by atoms with Crippen molar-refractivity contribution < 1.29 is 19.1 Å². The fourth-order valence-corrected chi connectivity index (χ4v) is 3.99. The third-order valence-electron chi connectivity index (χ3n) is 5.82. The van der Waals surface area contributed by atoms with E-state index in [-0.39, 0.29) is 31.1 Å². The van der Waals surface area contributed by atoms with E-state index in [1.807, 2.05) is 61.3 Å². The Kier molecular flexibility index (Phi) is 9.21. The fourth-order valence-electron chi connectivity index (χ4n) is 3.99. The molecule has 1 saturated heterocycles. The first kappa shape index (κ1) is 24.7. The summed E-state index contributed by atoms with van der Waals surface area (Å²) in [6.45, 7) is 7.58. The minimum absolute atomic E-state index is 0.0116. The zero-order valence-corrected chi connectivity index (χ0v) is 19.8. The van der Waals surface area contributed by atoms with Crippen LogP contribution in [0.2, 0.25) is 0 Å². The van der Waals surface area contributed by atoms with Gasteiger partial charge in [-0.25, -0.2) is 0 Å². The van der Waals surface area contributed by atoms with Gasteiger partial charge in [-0.2, -0.15) is 0 Å². The van der Waals surface area contributed by atoms with Gasteiger partial charge in [0.1, 0.15) is 12.4 Å². The van der Waals surface area contributed by atoms with E-state index in [1.54, 1.807) is 18.2 Å². The van der Waals surface area contributed by atoms with Gasteiger partial charge < -0.3 is 19.3 Å². The van der Waals surface area contributed by atoms with Crippen molar-refractivity contribution in [2.45, 2.75) is 33.0 Å². The van der Waals surface area contributed by atoms with Gasteiger partial charge in [-0.05, 0) is 43.2 Å². The number of hydrogen-bond donors (Lipinski definition) is 0. The molecule has 0 saturated carbocycles. The average Bonchev–Trinajstić information content (AvgIpc) is 2.97. The van der Waals surface area contributed by atoms with Crippen molar-refractivity contribution in [3.05, 3.63) is 59.9 Å². The summed E-state index contributed by atoms with van der Waals surface area (Å²) in [5.41, 5.74) is 2.05. The zero-order chi connectivity index (χ0) is 23.6. The molecule has 2 heterocycles. The van der Waals surface area contributed by atoms with E-state index in [4.69, 9.17) is 9.47 Å². The molecule has 0 bridgehead atoms. The van der Waals surface area contributed by atoms with Gasteiger partial charge in [-0.1, -0.05) is 18.2 Å². The number of likely N-dealkylation sites (N-methyl/N-ethyl adjacent to an activating group) is 1. The number of benzene rings is 1. The fraction of sp³-hybridized carbons (Fsp3) is 0.480. The molecule has 0 aliphatic carbocycles. The molecule has 0 N–H and O–H groups in total. The van der Waals surface area contributed by atoms with E-state index < -0.39 is 0 Å². The predicted octanol–water partition coefficient (Wildman–Crippen LogP) is 2.19. The number of methoxy groups -OCH3 is 1. The molecule has 3 rings (SSSR count). The van der Waals surface area contributed by atoms with E-state index in [0.29, 0.717) is 39.3 Å². The Hall–Kier alpha value is -2.97. The van der Waals surface area contributed by atoms with Crippen LogP contribution in [0.4, 0.5) is 0 Å². The second-order valence-corrected chi connectivity index (χ2v) is 8.15. The van der Waals surface area contributed by atoms with Crippen molar-refractivity contribution in [2.24, 2.45) is 0 Å². The number of pyridine rings is 1. The van der Waals surface area contributed by atoms with E-state index in [2.05, 4.69) is 9.88 Å². The second-order valence-electron chi connectivity index (χ2n) is 8.15. The number of ether oxygens (including phenoxy) is 2. The van der Waals surface area contributed by atoms with E-state index in [1.165, 1.54) is 0 Å². The summed E-state index contributed by atoms with van der Waals surface area (Å²) in [5, 5.41) is 0. The Bertz CT molecular complexity index is 887. The number of carbonyl (C=O) groups excluding carboxylic acids is 2. The maximum Gasteiger partial charge on any atom is 0.248 e. The molecular weight excluding hydrogens is 420 g/mol. The first-order valence-corrected chi connectivity index (χ1v) is 11.4. The normalized spacial score (nSPS) is 17.0. The highest BCUT2D eigenvalue weighted by Gasteiger charge is 2.29. The molecule has 1 atom stereocenters. The first-order valence-electron chi connectivity index (χ1n) is 11.4. The smallest absolute Gasteiger partial charge is 0.248 e. The van der Waals surface area contributed by atoms with Crippen molar-refractivity contribution >= 4 is 11.8 Å². The molecule has 1 aliphatic heterocycles. The highest BCUT2D eigenvalue weighted by molar-refractivity contribution is 5.79. The predicted molar refractivity (Wildman–Crippen MR) is 126 cm³/mol. The van der Waals surface area contributed by atoms with Gasteiger partial charge in [-0.3, -0.25) is 19.5 Å². The molecule has 1 aliphatic rings. The zero-order valence-electron chi connectivity index (χ0n) is 19.8. The number of nitrogens with zero attached hydrogens (tertiary/aromatic N) is 4. The quantitative estimate of drug-likeness (QED) is 0.548. The minimum Gasteiger partial charge on any atom is -0.497 e. The summed E-state index contributed by atoms with van der Waals surface area (Å²) in [4.78, 5) is 35.5. The topological polar surface area (TPSA) is 75.2 Å². The van der Waals surface area contributed by atoms with Gasteiger partial charge in [0.2, 0.25) is 11.8 Å². The lowest BCUT2D eigenvalue weighted by Gasteiger charge is -2.26. The van der Waals surface area contributed by atoms with Crippen molar-refractivity contribution in [1.29, 1.82) is 0 Å². The number of amides is 2. The SMILES string of the molecule is CCN(CC)C(=O)COC1CN(Cc2cccnc2)CC(=O)N(Cc2ccc(OC)cc2)C1. The van der Waals surface area contributed by atoms with Crippen LogP contribution in [-0.4, -0.2) is 84.0 Å². The van der Waals surface area contributed by atoms with Crippen molar-refractivity contribution in [1.82, 2.24) is 19.7 Å². The minimum atomic E-state index is -0.272. The molecule has 33 heavy (non-hydrogen) atoms. The van der Waals surface area contributed by atoms with E-state index >= 15 is 0 Å². The Labute approximate surface area is 196 Å². The van der Waals surface area contributed by atoms with Gasteiger partial charge in [0.15, 0.2) is 0 Å².